The van der Waals surface area contributed by atoms with Crippen LogP contribution in [0.3, 0.4) is 0 Å². The predicted octanol–water partition coefficient (Wildman–Crippen LogP) is 2.19. The van der Waals surface area contributed by atoms with Gasteiger partial charge in [-0.3, -0.25) is 18.6 Å². The van der Waals surface area contributed by atoms with Gasteiger partial charge < -0.3 is 4.74 Å². The van der Waals surface area contributed by atoms with Gasteiger partial charge in [0.25, 0.3) is 5.56 Å². The molecule has 166 valence electrons. The van der Waals surface area contributed by atoms with Gasteiger partial charge in [0.05, 0.1) is 25.9 Å². The monoisotopic (exact) mass is 442 g/mol. The van der Waals surface area contributed by atoms with Gasteiger partial charge in [0, 0.05) is 25.6 Å². The van der Waals surface area contributed by atoms with E-state index in [1.165, 1.54) is 11.6 Å². The molecule has 3 aromatic heterocycles. The zero-order chi connectivity index (χ0) is 22.9. The molecule has 0 spiro atoms. The minimum absolute atomic E-state index is 0.295. The molecule has 0 bridgehead atoms. The van der Waals surface area contributed by atoms with Gasteiger partial charge >= 0.3 is 5.69 Å². The van der Waals surface area contributed by atoms with Gasteiger partial charge in [0.15, 0.2) is 5.65 Å². The van der Waals surface area contributed by atoms with Crippen molar-refractivity contribution in [2.24, 2.45) is 7.05 Å². The Morgan fingerprint density at radius 1 is 0.939 bits per heavy atom. The van der Waals surface area contributed by atoms with Crippen LogP contribution in [-0.2, 0) is 20.1 Å². The van der Waals surface area contributed by atoms with Crippen LogP contribution in [0.1, 0.15) is 11.1 Å². The van der Waals surface area contributed by atoms with Crippen LogP contribution >= 0.6 is 0 Å². The lowest BCUT2D eigenvalue weighted by molar-refractivity contribution is 0.414. The Kier molecular flexibility index (Phi) is 5.14. The lowest BCUT2D eigenvalue weighted by Gasteiger charge is -2.09. The van der Waals surface area contributed by atoms with Crippen LogP contribution in [0.2, 0.25) is 0 Å². The summed E-state index contributed by atoms with van der Waals surface area (Å²) in [5.74, 6) is 0.736. The molecule has 2 aromatic carbocycles. The first-order chi connectivity index (χ1) is 16.0. The summed E-state index contributed by atoms with van der Waals surface area (Å²) in [7, 11) is 3.09. The Bertz CT molecular complexity index is 1530. The fourth-order valence-corrected chi connectivity index (χ4v) is 3.80. The molecule has 5 aromatic rings. The van der Waals surface area contributed by atoms with E-state index in [9.17, 15) is 9.59 Å². The number of benzene rings is 2. The summed E-state index contributed by atoms with van der Waals surface area (Å²) in [6.45, 7) is 0.761. The van der Waals surface area contributed by atoms with Gasteiger partial charge in [-0.1, -0.05) is 24.3 Å². The number of hydrogen-bond donors (Lipinski definition) is 0. The van der Waals surface area contributed by atoms with Crippen LogP contribution in [0.5, 0.6) is 5.75 Å². The highest BCUT2D eigenvalue weighted by atomic mass is 16.5. The molecule has 9 nitrogen and oxygen atoms in total. The first-order valence-corrected chi connectivity index (χ1v) is 10.4. The molecule has 0 saturated carbocycles. The second-order valence-electron chi connectivity index (χ2n) is 7.76. The van der Waals surface area contributed by atoms with E-state index in [1.54, 1.807) is 28.9 Å². The maximum atomic E-state index is 12.9. The molecule has 0 N–H and O–H groups in total. The van der Waals surface area contributed by atoms with Crippen LogP contribution in [0, 0.1) is 0 Å². The molecule has 0 unspecified atom stereocenters. The van der Waals surface area contributed by atoms with Crippen molar-refractivity contribution < 1.29 is 4.74 Å². The van der Waals surface area contributed by atoms with Crippen LogP contribution in [0.25, 0.3) is 16.7 Å². The Morgan fingerprint density at radius 2 is 1.64 bits per heavy atom. The molecular weight excluding hydrogens is 420 g/mol. The summed E-state index contributed by atoms with van der Waals surface area (Å²) in [6.07, 6.45) is 5.31. The average molecular weight is 442 g/mol. The highest BCUT2D eigenvalue weighted by Gasteiger charge is 2.15. The summed E-state index contributed by atoms with van der Waals surface area (Å²) in [5, 5.41) is 9.23. The molecule has 9 heteroatoms. The third kappa shape index (κ3) is 3.84. The smallest absolute Gasteiger partial charge is 0.332 e. The maximum Gasteiger partial charge on any atom is 0.332 e. The summed E-state index contributed by atoms with van der Waals surface area (Å²) in [5.41, 5.74) is 2.48. The van der Waals surface area contributed by atoms with E-state index in [0.29, 0.717) is 24.1 Å². The van der Waals surface area contributed by atoms with E-state index < -0.39 is 5.69 Å². The van der Waals surface area contributed by atoms with Crippen molar-refractivity contribution in [1.29, 1.82) is 0 Å². The van der Waals surface area contributed by atoms with E-state index in [2.05, 4.69) is 10.2 Å². The summed E-state index contributed by atoms with van der Waals surface area (Å²) in [6, 6.07) is 17.3. The summed E-state index contributed by atoms with van der Waals surface area (Å²) < 4.78 is 11.3. The van der Waals surface area contributed by atoms with Crippen molar-refractivity contribution in [3.05, 3.63) is 105 Å². The molecule has 0 amide bonds. The molecule has 0 atom stereocenters. The summed E-state index contributed by atoms with van der Waals surface area (Å²) >= 11 is 0. The van der Waals surface area contributed by atoms with Gasteiger partial charge in [-0.2, -0.15) is 10.2 Å². The summed E-state index contributed by atoms with van der Waals surface area (Å²) in [4.78, 5) is 25.6. The van der Waals surface area contributed by atoms with Gasteiger partial charge in [0.1, 0.15) is 11.1 Å². The third-order valence-electron chi connectivity index (χ3n) is 5.60. The fourth-order valence-electron chi connectivity index (χ4n) is 3.80. The van der Waals surface area contributed by atoms with Crippen molar-refractivity contribution >= 4 is 11.0 Å². The van der Waals surface area contributed by atoms with Crippen LogP contribution in [-0.4, -0.2) is 35.8 Å². The second kappa shape index (κ2) is 8.27. The fraction of sp³-hybridized carbons (Fsp3) is 0.167. The highest BCUT2D eigenvalue weighted by molar-refractivity contribution is 5.73. The highest BCUT2D eigenvalue weighted by Crippen LogP contribution is 2.15. The Morgan fingerprint density at radius 3 is 2.30 bits per heavy atom. The van der Waals surface area contributed by atoms with Crippen LogP contribution in [0.15, 0.2) is 82.8 Å². The Labute approximate surface area is 188 Å². The minimum Gasteiger partial charge on any atom is -0.497 e. The van der Waals surface area contributed by atoms with Crippen molar-refractivity contribution in [2.75, 3.05) is 7.11 Å². The third-order valence-corrected chi connectivity index (χ3v) is 5.60. The maximum absolute atomic E-state index is 12.9. The lowest BCUT2D eigenvalue weighted by Crippen LogP contribution is -2.38. The first-order valence-electron chi connectivity index (χ1n) is 10.4. The van der Waals surface area contributed by atoms with Gasteiger partial charge in [-0.25, -0.2) is 9.48 Å². The van der Waals surface area contributed by atoms with Crippen molar-refractivity contribution in [2.45, 2.75) is 13.1 Å². The predicted molar refractivity (Wildman–Crippen MR) is 124 cm³/mol. The molecule has 3 heterocycles. The molecule has 5 rings (SSSR count). The lowest BCUT2D eigenvalue weighted by atomic mass is 10.2. The number of ether oxygens (including phenoxy) is 1. The van der Waals surface area contributed by atoms with E-state index in [0.717, 1.165) is 27.1 Å². The van der Waals surface area contributed by atoms with E-state index >= 15 is 0 Å². The topological polar surface area (TPSA) is 88.9 Å². The van der Waals surface area contributed by atoms with Crippen LogP contribution < -0.4 is 16.0 Å². The van der Waals surface area contributed by atoms with Crippen molar-refractivity contribution in [1.82, 2.24) is 28.7 Å². The molecule has 0 aliphatic carbocycles. The van der Waals surface area contributed by atoms with Gasteiger partial charge in [-0.15, -0.1) is 0 Å². The average Bonchev–Trinajstić information content (AvgIpc) is 3.52. The first kappa shape index (κ1) is 20.5. The minimum atomic E-state index is -0.405. The number of nitrogens with zero attached hydrogens (tertiary/aromatic N) is 6. The van der Waals surface area contributed by atoms with E-state index in [1.807, 2.05) is 60.8 Å². The number of hydrogen-bond acceptors (Lipinski definition) is 5. The molecule has 0 fully saturated rings. The standard InChI is InChI=1S/C24H22N6O3/c1-27-23(31)21-16-28(14-17-4-8-19(9-5-17)30-13-3-12-25-30)26-22(21)29(24(27)32)15-18-6-10-20(33-2)11-7-18/h3-13,16H,14-15H2,1-2H3. The zero-order valence-corrected chi connectivity index (χ0v) is 18.3. The van der Waals surface area contributed by atoms with Crippen LogP contribution in [0.4, 0.5) is 0 Å². The molecule has 0 radical (unpaired) electrons. The Balaban J connectivity index is 1.50. The SMILES string of the molecule is COc1ccc(Cn2c(=O)n(C)c(=O)c3cn(Cc4ccc(-n5cccn5)cc4)nc32)cc1. The van der Waals surface area contributed by atoms with Gasteiger partial charge in [-0.05, 0) is 41.5 Å². The number of methoxy groups -OCH3 is 1. The molecule has 0 aliphatic heterocycles. The molecule has 0 saturated heterocycles. The quantitative estimate of drug-likeness (QED) is 0.402. The van der Waals surface area contributed by atoms with E-state index in [-0.39, 0.29) is 5.56 Å². The molecule has 33 heavy (non-hydrogen) atoms. The van der Waals surface area contributed by atoms with Crippen molar-refractivity contribution in [3.63, 3.8) is 0 Å². The Hall–Kier alpha value is -4.40. The normalized spacial score (nSPS) is 11.2. The second-order valence-corrected chi connectivity index (χ2v) is 7.76. The van der Waals surface area contributed by atoms with Crippen molar-refractivity contribution in [3.8, 4) is 11.4 Å². The largest absolute Gasteiger partial charge is 0.497 e. The zero-order valence-electron chi connectivity index (χ0n) is 18.3. The van der Waals surface area contributed by atoms with Gasteiger partial charge in [0.2, 0.25) is 0 Å². The number of rotatable bonds is 6. The molecule has 0 aliphatic rings. The van der Waals surface area contributed by atoms with E-state index in [4.69, 9.17) is 4.74 Å². The number of aromatic nitrogens is 6. The number of fused-ring (bicyclic) bond motifs is 1. The molecular formula is C24H22N6O3.